The van der Waals surface area contributed by atoms with Crippen molar-refractivity contribution in [2.75, 3.05) is 0 Å². The molecule has 2 nitrogen and oxygen atoms in total. The molecule has 0 aliphatic carbocycles. The zero-order valence-corrected chi connectivity index (χ0v) is 12.7. The van der Waals surface area contributed by atoms with Crippen LogP contribution in [0.15, 0.2) is 42.5 Å². The van der Waals surface area contributed by atoms with E-state index in [0.717, 1.165) is 12.0 Å². The van der Waals surface area contributed by atoms with Gasteiger partial charge in [-0.25, -0.2) is 4.39 Å². The molecule has 2 rings (SSSR count). The van der Waals surface area contributed by atoms with E-state index in [1.807, 2.05) is 13.0 Å². The molecule has 21 heavy (non-hydrogen) atoms. The van der Waals surface area contributed by atoms with E-state index in [0.29, 0.717) is 16.3 Å². The Bertz CT molecular complexity index is 638. The molecule has 0 heterocycles. The van der Waals surface area contributed by atoms with Gasteiger partial charge in [0.15, 0.2) is 6.10 Å². The van der Waals surface area contributed by atoms with Gasteiger partial charge in [-0.3, -0.25) is 4.79 Å². The number of carbonyl (C=O) groups excluding carboxylic acids is 1. The highest BCUT2D eigenvalue weighted by molar-refractivity contribution is 6.31. The maximum Gasteiger partial charge on any atom is 0.202 e. The molecular weight excluding hydrogens is 291 g/mol. The van der Waals surface area contributed by atoms with Gasteiger partial charge in [-0.1, -0.05) is 18.5 Å². The first kappa shape index (κ1) is 15.5. The van der Waals surface area contributed by atoms with Crippen LogP contribution in [0.5, 0.6) is 5.75 Å². The van der Waals surface area contributed by atoms with Crippen molar-refractivity contribution in [3.63, 3.8) is 0 Å². The molecule has 2 aromatic rings. The number of benzene rings is 2. The van der Waals surface area contributed by atoms with Crippen LogP contribution in [0.4, 0.5) is 4.39 Å². The Morgan fingerprint density at radius 1 is 1.24 bits per heavy atom. The third-order valence-corrected chi connectivity index (χ3v) is 3.58. The molecular formula is C17H16ClFO2. The van der Waals surface area contributed by atoms with Crippen LogP contribution in [-0.4, -0.2) is 11.9 Å². The van der Waals surface area contributed by atoms with Crippen LogP contribution >= 0.6 is 11.6 Å². The van der Waals surface area contributed by atoms with E-state index in [9.17, 15) is 9.18 Å². The second-order valence-corrected chi connectivity index (χ2v) is 5.15. The number of halogens is 2. The molecule has 0 radical (unpaired) electrons. The molecule has 1 unspecified atom stereocenters. The Morgan fingerprint density at radius 3 is 2.52 bits per heavy atom. The van der Waals surface area contributed by atoms with Crippen molar-refractivity contribution in [3.05, 3.63) is 64.4 Å². The fraction of sp³-hybridized carbons (Fsp3) is 0.235. The lowest BCUT2D eigenvalue weighted by Gasteiger charge is -2.15. The predicted molar refractivity (Wildman–Crippen MR) is 81.7 cm³/mol. The van der Waals surface area contributed by atoms with E-state index in [-0.39, 0.29) is 11.6 Å². The summed E-state index contributed by atoms with van der Waals surface area (Å²) in [6.07, 6.45) is 0.136. The highest BCUT2D eigenvalue weighted by Gasteiger charge is 2.17. The summed E-state index contributed by atoms with van der Waals surface area (Å²) in [6, 6.07) is 10.8. The van der Waals surface area contributed by atoms with Gasteiger partial charge in [0.05, 0.1) is 0 Å². The number of rotatable bonds is 5. The molecule has 0 saturated carbocycles. The lowest BCUT2D eigenvalue weighted by Crippen LogP contribution is -2.23. The number of Topliss-reactive ketones (excluding diaryl/α,β-unsaturated/α-hetero) is 1. The van der Waals surface area contributed by atoms with E-state index in [2.05, 4.69) is 0 Å². The van der Waals surface area contributed by atoms with Gasteiger partial charge in [-0.15, -0.1) is 0 Å². The monoisotopic (exact) mass is 306 g/mol. The third kappa shape index (κ3) is 3.82. The molecule has 0 aromatic heterocycles. The molecule has 0 bridgehead atoms. The van der Waals surface area contributed by atoms with Crippen molar-refractivity contribution in [1.29, 1.82) is 0 Å². The molecule has 0 spiro atoms. The van der Waals surface area contributed by atoms with Gasteiger partial charge in [0.25, 0.3) is 0 Å². The van der Waals surface area contributed by atoms with E-state index in [1.165, 1.54) is 24.3 Å². The topological polar surface area (TPSA) is 26.3 Å². The zero-order valence-electron chi connectivity index (χ0n) is 11.9. The van der Waals surface area contributed by atoms with Crippen LogP contribution in [0.25, 0.3) is 0 Å². The summed E-state index contributed by atoms with van der Waals surface area (Å²) in [6.45, 7) is 3.67. The minimum absolute atomic E-state index is 0.192. The Morgan fingerprint density at radius 2 is 1.90 bits per heavy atom. The predicted octanol–water partition coefficient (Wildman–Crippen LogP) is 4.69. The van der Waals surface area contributed by atoms with Crippen molar-refractivity contribution in [2.24, 2.45) is 0 Å². The summed E-state index contributed by atoms with van der Waals surface area (Å²) in [4.78, 5) is 12.2. The number of hydrogen-bond acceptors (Lipinski definition) is 2. The Balaban J connectivity index is 2.12. The van der Waals surface area contributed by atoms with Gasteiger partial charge < -0.3 is 4.74 Å². The van der Waals surface area contributed by atoms with E-state index < -0.39 is 6.10 Å². The maximum atomic E-state index is 12.9. The highest BCUT2D eigenvalue weighted by atomic mass is 35.5. The fourth-order valence-corrected chi connectivity index (χ4v) is 2.25. The standard InChI is InChI=1S/C17H16ClFO2/c1-3-12-10-15(8-9-16(12)18)21-11(2)17(20)13-4-6-14(19)7-5-13/h4-11H,3H2,1-2H3. The number of aryl methyl sites for hydroxylation is 1. The Kier molecular flexibility index (Phi) is 4.97. The lowest BCUT2D eigenvalue weighted by molar-refractivity contribution is 0.0818. The first-order valence-electron chi connectivity index (χ1n) is 6.76. The van der Waals surface area contributed by atoms with Crippen molar-refractivity contribution < 1.29 is 13.9 Å². The minimum atomic E-state index is -0.652. The van der Waals surface area contributed by atoms with E-state index in [4.69, 9.17) is 16.3 Å². The van der Waals surface area contributed by atoms with Gasteiger partial charge in [0.2, 0.25) is 5.78 Å². The second-order valence-electron chi connectivity index (χ2n) is 4.74. The summed E-state index contributed by atoms with van der Waals surface area (Å²) in [5, 5.41) is 0.683. The number of hydrogen-bond donors (Lipinski definition) is 0. The fourth-order valence-electron chi connectivity index (χ4n) is 2.00. The SMILES string of the molecule is CCc1cc(OC(C)C(=O)c2ccc(F)cc2)ccc1Cl. The normalized spacial score (nSPS) is 12.0. The van der Waals surface area contributed by atoms with Crippen molar-refractivity contribution in [1.82, 2.24) is 0 Å². The number of ketones is 1. The number of carbonyl (C=O) groups is 1. The molecule has 0 saturated heterocycles. The summed E-state index contributed by atoms with van der Waals surface area (Å²) in [5.74, 6) is 0.0348. The van der Waals surface area contributed by atoms with Crippen LogP contribution in [0.2, 0.25) is 5.02 Å². The number of ether oxygens (including phenoxy) is 1. The van der Waals surface area contributed by atoms with Gasteiger partial charge in [-0.05, 0) is 61.4 Å². The third-order valence-electron chi connectivity index (χ3n) is 3.21. The molecule has 2 aromatic carbocycles. The average molecular weight is 307 g/mol. The minimum Gasteiger partial charge on any atom is -0.483 e. The zero-order chi connectivity index (χ0) is 15.4. The summed E-state index contributed by atoms with van der Waals surface area (Å²) < 4.78 is 18.5. The van der Waals surface area contributed by atoms with E-state index >= 15 is 0 Å². The average Bonchev–Trinajstić information content (AvgIpc) is 2.49. The van der Waals surface area contributed by atoms with Crippen molar-refractivity contribution in [2.45, 2.75) is 26.4 Å². The van der Waals surface area contributed by atoms with Crippen LogP contribution < -0.4 is 4.74 Å². The molecule has 0 aliphatic heterocycles. The van der Waals surface area contributed by atoms with Gasteiger partial charge in [-0.2, -0.15) is 0 Å². The van der Waals surface area contributed by atoms with Gasteiger partial charge in [0.1, 0.15) is 11.6 Å². The largest absolute Gasteiger partial charge is 0.483 e. The molecule has 0 aliphatic rings. The van der Waals surface area contributed by atoms with Crippen LogP contribution in [0, 0.1) is 5.82 Å². The Hall–Kier alpha value is -1.87. The second kappa shape index (κ2) is 6.72. The van der Waals surface area contributed by atoms with E-state index in [1.54, 1.807) is 19.1 Å². The summed E-state index contributed by atoms with van der Waals surface area (Å²) in [5.41, 5.74) is 1.39. The quantitative estimate of drug-likeness (QED) is 0.749. The molecule has 110 valence electrons. The molecule has 1 atom stereocenters. The first-order chi connectivity index (χ1) is 10.0. The van der Waals surface area contributed by atoms with Crippen molar-refractivity contribution in [3.8, 4) is 5.75 Å². The highest BCUT2D eigenvalue weighted by Crippen LogP contribution is 2.23. The van der Waals surface area contributed by atoms with Crippen LogP contribution in [0.1, 0.15) is 29.8 Å². The maximum absolute atomic E-state index is 12.9. The molecule has 0 N–H and O–H groups in total. The Labute approximate surface area is 128 Å². The summed E-state index contributed by atoms with van der Waals surface area (Å²) >= 11 is 6.05. The van der Waals surface area contributed by atoms with Crippen LogP contribution in [-0.2, 0) is 6.42 Å². The molecule has 4 heteroatoms. The molecule has 0 fully saturated rings. The van der Waals surface area contributed by atoms with Crippen molar-refractivity contribution >= 4 is 17.4 Å². The van der Waals surface area contributed by atoms with Gasteiger partial charge >= 0.3 is 0 Å². The smallest absolute Gasteiger partial charge is 0.202 e. The first-order valence-corrected chi connectivity index (χ1v) is 7.14. The lowest BCUT2D eigenvalue weighted by atomic mass is 10.1. The van der Waals surface area contributed by atoms with Gasteiger partial charge in [0, 0.05) is 10.6 Å². The van der Waals surface area contributed by atoms with Crippen LogP contribution in [0.3, 0.4) is 0 Å². The summed E-state index contributed by atoms with van der Waals surface area (Å²) in [7, 11) is 0. The molecule has 0 amide bonds.